The molecule has 1 aromatic carbocycles. The van der Waals surface area contributed by atoms with Gasteiger partial charge in [0.1, 0.15) is 17.1 Å². The Balaban J connectivity index is 1.92. The Kier molecular flexibility index (Phi) is 4.35. The number of urea groups is 1. The number of furan rings is 1. The van der Waals surface area contributed by atoms with E-state index in [4.69, 9.17) is 21.1 Å². The molecule has 2 aromatic rings. The lowest BCUT2D eigenvalue weighted by molar-refractivity contribution is -0.129. The Hall–Kier alpha value is -3.39. The van der Waals surface area contributed by atoms with Crippen LogP contribution in [0.1, 0.15) is 16.1 Å². The van der Waals surface area contributed by atoms with E-state index in [2.05, 4.69) is 0 Å². The summed E-state index contributed by atoms with van der Waals surface area (Å²) >= 11 is 5.94. The molecule has 0 saturated carbocycles. The average molecular weight is 375 g/mol. The van der Waals surface area contributed by atoms with E-state index in [9.17, 15) is 19.2 Å². The Morgan fingerprint density at radius 1 is 1.23 bits per heavy atom. The van der Waals surface area contributed by atoms with E-state index in [1.54, 1.807) is 6.07 Å². The van der Waals surface area contributed by atoms with Crippen LogP contribution in [-0.2, 0) is 9.59 Å². The third-order valence-corrected chi connectivity index (χ3v) is 4.01. The quantitative estimate of drug-likeness (QED) is 0.629. The number of amides is 4. The molecule has 1 fully saturated rings. The predicted molar refractivity (Wildman–Crippen MR) is 90.4 cm³/mol. The molecule has 0 unspecified atom stereocenters. The number of imide groups is 2. The second-order valence-electron chi connectivity index (χ2n) is 5.38. The fourth-order valence-electron chi connectivity index (χ4n) is 2.32. The topological polar surface area (TPSA) is 117 Å². The third-order valence-electron chi connectivity index (χ3n) is 3.70. The fourth-order valence-corrected chi connectivity index (χ4v) is 2.58. The molecule has 0 radical (unpaired) electrons. The van der Waals surface area contributed by atoms with Crippen LogP contribution in [-0.4, -0.2) is 40.9 Å². The van der Waals surface area contributed by atoms with Gasteiger partial charge in [0.05, 0.1) is 10.6 Å². The van der Waals surface area contributed by atoms with Crippen molar-refractivity contribution in [3.63, 3.8) is 0 Å². The normalized spacial score (nSPS) is 16.2. The van der Waals surface area contributed by atoms with Crippen molar-refractivity contribution in [1.82, 2.24) is 10.2 Å². The highest BCUT2D eigenvalue weighted by Crippen LogP contribution is 2.28. The highest BCUT2D eigenvalue weighted by molar-refractivity contribution is 6.33. The number of likely N-dealkylation sites (N-methyl/N-ethyl adjacent to an activating group) is 1. The zero-order valence-electron chi connectivity index (χ0n) is 13.3. The lowest BCUT2D eigenvalue weighted by atomic mass is 10.1. The van der Waals surface area contributed by atoms with Gasteiger partial charge in [-0.25, -0.2) is 9.59 Å². The van der Waals surface area contributed by atoms with Gasteiger partial charge >= 0.3 is 12.0 Å². The molecule has 26 heavy (non-hydrogen) atoms. The van der Waals surface area contributed by atoms with Crippen molar-refractivity contribution in [2.24, 2.45) is 0 Å². The van der Waals surface area contributed by atoms with Crippen LogP contribution >= 0.6 is 11.6 Å². The predicted octanol–water partition coefficient (Wildman–Crippen LogP) is 2.39. The second kappa shape index (κ2) is 6.49. The number of hydrogen-bond acceptors (Lipinski definition) is 5. The van der Waals surface area contributed by atoms with Crippen LogP contribution in [0.15, 0.2) is 40.3 Å². The van der Waals surface area contributed by atoms with E-state index >= 15 is 0 Å². The van der Waals surface area contributed by atoms with Crippen LogP contribution < -0.4 is 5.32 Å². The molecule has 4 amide bonds. The van der Waals surface area contributed by atoms with Gasteiger partial charge in [-0.3, -0.25) is 19.8 Å². The molecular formula is C17H11ClN2O6. The summed E-state index contributed by atoms with van der Waals surface area (Å²) in [5.41, 5.74) is 0.241. The van der Waals surface area contributed by atoms with Gasteiger partial charge in [0.25, 0.3) is 11.8 Å². The van der Waals surface area contributed by atoms with Crippen LogP contribution in [0, 0.1) is 0 Å². The maximum absolute atomic E-state index is 12.0. The highest BCUT2D eigenvalue weighted by Gasteiger charge is 2.33. The van der Waals surface area contributed by atoms with Crippen LogP contribution in [0.2, 0.25) is 5.02 Å². The number of rotatable bonds is 3. The Labute approximate surface area is 151 Å². The number of aromatic carboxylic acids is 1. The standard InChI is InChI=1S/C17H11ClN2O6/c1-20-15(22)11(14(21)19-17(20)25)7-9-3-5-13(26-9)8-2-4-10(16(23)24)12(18)6-8/h2-7H,1H3,(H,23,24)(H,19,21,25)/b11-7+. The van der Waals surface area contributed by atoms with Crippen molar-refractivity contribution in [1.29, 1.82) is 0 Å². The van der Waals surface area contributed by atoms with Crippen molar-refractivity contribution >= 4 is 41.5 Å². The van der Waals surface area contributed by atoms with E-state index in [-0.39, 0.29) is 21.9 Å². The molecule has 0 bridgehead atoms. The molecule has 0 atom stereocenters. The molecule has 132 valence electrons. The number of nitrogens with zero attached hydrogens (tertiary/aromatic N) is 1. The summed E-state index contributed by atoms with van der Waals surface area (Å²) in [6.45, 7) is 0. The minimum Gasteiger partial charge on any atom is -0.478 e. The Morgan fingerprint density at radius 2 is 1.96 bits per heavy atom. The maximum Gasteiger partial charge on any atom is 0.337 e. The van der Waals surface area contributed by atoms with Crippen molar-refractivity contribution in [3.8, 4) is 11.3 Å². The molecule has 2 heterocycles. The lowest BCUT2D eigenvalue weighted by Gasteiger charge is -2.21. The summed E-state index contributed by atoms with van der Waals surface area (Å²) in [6.07, 6.45) is 1.22. The van der Waals surface area contributed by atoms with Gasteiger partial charge in [0.2, 0.25) is 0 Å². The molecule has 2 N–H and O–H groups in total. The van der Waals surface area contributed by atoms with E-state index in [1.165, 1.54) is 37.4 Å². The van der Waals surface area contributed by atoms with Crippen LogP contribution in [0.4, 0.5) is 4.79 Å². The largest absolute Gasteiger partial charge is 0.478 e. The molecule has 0 aliphatic carbocycles. The first-order valence-corrected chi connectivity index (χ1v) is 7.64. The summed E-state index contributed by atoms with van der Waals surface area (Å²) < 4.78 is 5.57. The summed E-state index contributed by atoms with van der Waals surface area (Å²) in [5, 5.41) is 11.1. The SMILES string of the molecule is CN1C(=O)NC(=O)/C(=C\c2ccc(-c3ccc(C(=O)O)c(Cl)c3)o2)C1=O. The summed E-state index contributed by atoms with van der Waals surface area (Å²) in [5.74, 6) is -2.13. The van der Waals surface area contributed by atoms with Gasteiger partial charge in [0, 0.05) is 12.6 Å². The van der Waals surface area contributed by atoms with Gasteiger partial charge in [-0.05, 0) is 30.3 Å². The second-order valence-corrected chi connectivity index (χ2v) is 5.79. The van der Waals surface area contributed by atoms with Crippen molar-refractivity contribution in [2.45, 2.75) is 0 Å². The maximum atomic E-state index is 12.0. The fraction of sp³-hybridized carbons (Fsp3) is 0.0588. The number of nitrogens with one attached hydrogen (secondary N) is 1. The molecule has 0 spiro atoms. The zero-order valence-corrected chi connectivity index (χ0v) is 14.0. The first kappa shape index (κ1) is 17.4. The molecule has 9 heteroatoms. The number of carboxylic acid groups (broad SMARTS) is 1. The Morgan fingerprint density at radius 3 is 2.62 bits per heavy atom. The number of barbiturate groups is 1. The first-order chi connectivity index (χ1) is 12.3. The monoisotopic (exact) mass is 374 g/mol. The van der Waals surface area contributed by atoms with E-state index in [1.807, 2.05) is 5.32 Å². The molecule has 8 nitrogen and oxygen atoms in total. The third kappa shape index (κ3) is 3.09. The summed E-state index contributed by atoms with van der Waals surface area (Å²) in [6, 6.07) is 6.61. The minimum absolute atomic E-state index is 0.0403. The van der Waals surface area contributed by atoms with Gasteiger partial charge in [0.15, 0.2) is 0 Å². The summed E-state index contributed by atoms with van der Waals surface area (Å²) in [4.78, 5) is 47.0. The Bertz CT molecular complexity index is 991. The van der Waals surface area contributed by atoms with Gasteiger partial charge in [-0.15, -0.1) is 0 Å². The summed E-state index contributed by atoms with van der Waals surface area (Å²) in [7, 11) is 1.25. The van der Waals surface area contributed by atoms with Gasteiger partial charge in [-0.2, -0.15) is 0 Å². The molecule has 3 rings (SSSR count). The number of carbonyl (C=O) groups is 4. The van der Waals surface area contributed by atoms with Gasteiger partial charge < -0.3 is 9.52 Å². The minimum atomic E-state index is -1.15. The van der Waals surface area contributed by atoms with Crippen LogP contribution in [0.3, 0.4) is 0 Å². The van der Waals surface area contributed by atoms with Crippen molar-refractivity contribution < 1.29 is 28.7 Å². The van der Waals surface area contributed by atoms with Crippen LogP contribution in [0.5, 0.6) is 0 Å². The van der Waals surface area contributed by atoms with Crippen molar-refractivity contribution in [3.05, 3.63) is 52.3 Å². The molecular weight excluding hydrogens is 364 g/mol. The van der Waals surface area contributed by atoms with Gasteiger partial charge in [-0.1, -0.05) is 17.7 Å². The average Bonchev–Trinajstić information content (AvgIpc) is 3.05. The number of hydrogen-bond donors (Lipinski definition) is 2. The molecule has 1 aliphatic rings. The van der Waals surface area contributed by atoms with Crippen molar-refractivity contribution in [2.75, 3.05) is 7.05 Å². The molecule has 1 saturated heterocycles. The first-order valence-electron chi connectivity index (χ1n) is 7.26. The number of halogens is 1. The highest BCUT2D eigenvalue weighted by atomic mass is 35.5. The van der Waals surface area contributed by atoms with E-state index in [0.717, 1.165) is 4.90 Å². The zero-order chi connectivity index (χ0) is 19.0. The molecule has 1 aliphatic heterocycles. The van der Waals surface area contributed by atoms with E-state index < -0.39 is 23.8 Å². The lowest BCUT2D eigenvalue weighted by Crippen LogP contribution is -2.52. The smallest absolute Gasteiger partial charge is 0.337 e. The van der Waals surface area contributed by atoms with E-state index in [0.29, 0.717) is 11.3 Å². The number of carboxylic acids is 1. The molecule has 1 aromatic heterocycles. The van der Waals surface area contributed by atoms with Crippen LogP contribution in [0.25, 0.3) is 17.4 Å². The number of benzene rings is 1. The number of carbonyl (C=O) groups excluding carboxylic acids is 3.